The maximum absolute atomic E-state index is 13.5. The summed E-state index contributed by atoms with van der Waals surface area (Å²) in [5.74, 6) is 0.355. The molecule has 0 saturated heterocycles. The number of halogens is 1. The molecule has 0 saturated carbocycles. The second kappa shape index (κ2) is 3.62. The molecule has 17 heavy (non-hydrogen) atoms. The van der Waals surface area contributed by atoms with Gasteiger partial charge in [-0.2, -0.15) is 0 Å². The summed E-state index contributed by atoms with van der Waals surface area (Å²) in [6.45, 7) is 1.73. The fraction of sp³-hybridized carbons (Fsp3) is 0.0833. The second-order valence-electron chi connectivity index (χ2n) is 3.81. The van der Waals surface area contributed by atoms with Crippen LogP contribution in [0.15, 0.2) is 30.7 Å². The highest BCUT2D eigenvalue weighted by atomic mass is 19.1. The first-order chi connectivity index (χ1) is 8.24. The van der Waals surface area contributed by atoms with Gasteiger partial charge in [0.15, 0.2) is 5.65 Å². The number of nitrogens with zero attached hydrogens (tertiary/aromatic N) is 3. The molecule has 0 bridgehead atoms. The number of rotatable bonds is 1. The molecule has 2 aromatic heterocycles. The average molecular weight is 228 g/mol. The lowest BCUT2D eigenvalue weighted by Crippen LogP contribution is -1.85. The molecular formula is C12H9FN4. The largest absolute Gasteiger partial charge is 0.335 e. The van der Waals surface area contributed by atoms with Crippen molar-refractivity contribution in [2.24, 2.45) is 0 Å². The summed E-state index contributed by atoms with van der Waals surface area (Å²) in [5.41, 5.74) is 2.63. The van der Waals surface area contributed by atoms with Crippen LogP contribution in [0.5, 0.6) is 0 Å². The quantitative estimate of drug-likeness (QED) is 0.696. The number of aryl methyl sites for hydroxylation is 1. The van der Waals surface area contributed by atoms with E-state index in [0.717, 1.165) is 5.52 Å². The Morgan fingerprint density at radius 3 is 2.94 bits per heavy atom. The molecule has 3 rings (SSSR count). The van der Waals surface area contributed by atoms with Gasteiger partial charge in [0.2, 0.25) is 0 Å². The summed E-state index contributed by atoms with van der Waals surface area (Å²) >= 11 is 0. The third kappa shape index (κ3) is 1.65. The fourth-order valence-electron chi connectivity index (χ4n) is 1.64. The number of aromatic nitrogens is 4. The molecular weight excluding hydrogens is 219 g/mol. The molecule has 0 spiro atoms. The first kappa shape index (κ1) is 9.89. The van der Waals surface area contributed by atoms with E-state index in [4.69, 9.17) is 0 Å². The highest BCUT2D eigenvalue weighted by molar-refractivity contribution is 5.74. The first-order valence-corrected chi connectivity index (χ1v) is 5.16. The maximum Gasteiger partial charge on any atom is 0.181 e. The Labute approximate surface area is 96.6 Å². The molecule has 0 atom stereocenters. The molecule has 5 heteroatoms. The number of hydrogen-bond donors (Lipinski definition) is 1. The standard InChI is InChI=1S/C12H9FN4/c1-7-2-3-8(4-9(7)13)11-16-10-5-14-6-15-12(10)17-11/h2-6H,1H3,(H,14,15,16,17). The van der Waals surface area contributed by atoms with Crippen LogP contribution in [0.3, 0.4) is 0 Å². The average Bonchev–Trinajstić information content (AvgIpc) is 2.76. The molecule has 0 radical (unpaired) electrons. The van der Waals surface area contributed by atoms with Crippen molar-refractivity contribution in [1.82, 2.24) is 19.9 Å². The van der Waals surface area contributed by atoms with Crippen molar-refractivity contribution in [3.63, 3.8) is 0 Å². The van der Waals surface area contributed by atoms with Crippen molar-refractivity contribution in [2.45, 2.75) is 6.92 Å². The number of imidazole rings is 1. The molecule has 0 unspecified atom stereocenters. The van der Waals surface area contributed by atoms with Crippen LogP contribution in [0, 0.1) is 12.7 Å². The van der Waals surface area contributed by atoms with Crippen LogP contribution >= 0.6 is 0 Å². The highest BCUT2D eigenvalue weighted by Gasteiger charge is 2.07. The van der Waals surface area contributed by atoms with Gasteiger partial charge in [-0.3, -0.25) is 0 Å². The molecule has 84 valence electrons. The van der Waals surface area contributed by atoms with E-state index in [1.165, 1.54) is 12.4 Å². The van der Waals surface area contributed by atoms with Crippen LogP contribution in [0.2, 0.25) is 0 Å². The third-order valence-corrected chi connectivity index (χ3v) is 2.61. The predicted molar refractivity (Wildman–Crippen MR) is 61.8 cm³/mol. The summed E-state index contributed by atoms with van der Waals surface area (Å²) in [7, 11) is 0. The first-order valence-electron chi connectivity index (χ1n) is 5.16. The monoisotopic (exact) mass is 228 g/mol. The molecule has 4 nitrogen and oxygen atoms in total. The zero-order valence-corrected chi connectivity index (χ0v) is 9.11. The summed E-state index contributed by atoms with van der Waals surface area (Å²) in [6.07, 6.45) is 3.08. The van der Waals surface area contributed by atoms with E-state index in [9.17, 15) is 4.39 Å². The fourth-order valence-corrected chi connectivity index (χ4v) is 1.64. The number of benzene rings is 1. The summed E-state index contributed by atoms with van der Waals surface area (Å²) in [6, 6.07) is 5.01. The van der Waals surface area contributed by atoms with E-state index in [1.54, 1.807) is 19.2 Å². The van der Waals surface area contributed by atoms with Crippen molar-refractivity contribution in [1.29, 1.82) is 0 Å². The Morgan fingerprint density at radius 1 is 1.29 bits per heavy atom. The molecule has 3 aromatic rings. The normalized spacial score (nSPS) is 10.9. The Balaban J connectivity index is 2.17. The zero-order chi connectivity index (χ0) is 11.8. The Kier molecular flexibility index (Phi) is 2.11. The van der Waals surface area contributed by atoms with Crippen molar-refractivity contribution in [3.05, 3.63) is 42.1 Å². The highest BCUT2D eigenvalue weighted by Crippen LogP contribution is 2.20. The van der Waals surface area contributed by atoms with Crippen LogP contribution in [-0.2, 0) is 0 Å². The van der Waals surface area contributed by atoms with Gasteiger partial charge >= 0.3 is 0 Å². The van der Waals surface area contributed by atoms with Crippen molar-refractivity contribution in [3.8, 4) is 11.4 Å². The van der Waals surface area contributed by atoms with Gasteiger partial charge in [-0.05, 0) is 18.6 Å². The molecule has 0 aliphatic rings. The molecule has 0 fully saturated rings. The summed E-state index contributed by atoms with van der Waals surface area (Å²) in [5, 5.41) is 0. The minimum absolute atomic E-state index is 0.242. The second-order valence-corrected chi connectivity index (χ2v) is 3.81. The van der Waals surface area contributed by atoms with Gasteiger partial charge in [-0.25, -0.2) is 19.3 Å². The van der Waals surface area contributed by atoms with Crippen LogP contribution in [0.4, 0.5) is 4.39 Å². The third-order valence-electron chi connectivity index (χ3n) is 2.61. The molecule has 0 amide bonds. The van der Waals surface area contributed by atoms with Crippen LogP contribution in [0.25, 0.3) is 22.6 Å². The van der Waals surface area contributed by atoms with E-state index in [-0.39, 0.29) is 5.82 Å². The lowest BCUT2D eigenvalue weighted by Gasteiger charge is -1.99. The smallest absolute Gasteiger partial charge is 0.181 e. The predicted octanol–water partition coefficient (Wildman–Crippen LogP) is 2.47. The van der Waals surface area contributed by atoms with Crippen LogP contribution in [0.1, 0.15) is 5.56 Å². The van der Waals surface area contributed by atoms with Crippen molar-refractivity contribution in [2.75, 3.05) is 0 Å². The number of fused-ring (bicyclic) bond motifs is 1. The molecule has 0 aliphatic heterocycles. The minimum atomic E-state index is -0.242. The SMILES string of the molecule is Cc1ccc(-c2nc3ncncc3[nH]2)cc1F. The Bertz CT molecular complexity index is 657. The van der Waals surface area contributed by atoms with E-state index in [2.05, 4.69) is 19.9 Å². The molecule has 1 aromatic carbocycles. The summed E-state index contributed by atoms with van der Waals surface area (Å²) in [4.78, 5) is 15.3. The van der Waals surface area contributed by atoms with Crippen LogP contribution in [-0.4, -0.2) is 19.9 Å². The number of hydrogen-bond acceptors (Lipinski definition) is 3. The molecule has 0 aliphatic carbocycles. The van der Waals surface area contributed by atoms with E-state index in [0.29, 0.717) is 22.6 Å². The van der Waals surface area contributed by atoms with Crippen LogP contribution < -0.4 is 0 Å². The molecule has 1 N–H and O–H groups in total. The number of H-pyrrole nitrogens is 1. The van der Waals surface area contributed by atoms with E-state index >= 15 is 0 Å². The maximum atomic E-state index is 13.5. The lowest BCUT2D eigenvalue weighted by molar-refractivity contribution is 0.619. The van der Waals surface area contributed by atoms with Gasteiger partial charge in [-0.1, -0.05) is 12.1 Å². The molecule has 2 heterocycles. The number of nitrogens with one attached hydrogen (secondary N) is 1. The number of aromatic amines is 1. The minimum Gasteiger partial charge on any atom is -0.335 e. The Hall–Kier alpha value is -2.30. The van der Waals surface area contributed by atoms with E-state index in [1.807, 2.05) is 6.07 Å². The van der Waals surface area contributed by atoms with Gasteiger partial charge < -0.3 is 4.98 Å². The zero-order valence-electron chi connectivity index (χ0n) is 9.11. The van der Waals surface area contributed by atoms with Gasteiger partial charge in [0.1, 0.15) is 23.5 Å². The topological polar surface area (TPSA) is 54.5 Å². The van der Waals surface area contributed by atoms with Gasteiger partial charge in [0.25, 0.3) is 0 Å². The van der Waals surface area contributed by atoms with Crippen molar-refractivity contribution >= 4 is 11.2 Å². The van der Waals surface area contributed by atoms with E-state index < -0.39 is 0 Å². The Morgan fingerprint density at radius 2 is 2.18 bits per heavy atom. The lowest BCUT2D eigenvalue weighted by atomic mass is 10.1. The van der Waals surface area contributed by atoms with Crippen molar-refractivity contribution < 1.29 is 4.39 Å². The summed E-state index contributed by atoms with van der Waals surface area (Å²) < 4.78 is 13.5. The van der Waals surface area contributed by atoms with Gasteiger partial charge in [0, 0.05) is 5.56 Å². The van der Waals surface area contributed by atoms with Gasteiger partial charge in [0.05, 0.1) is 6.20 Å². The van der Waals surface area contributed by atoms with Gasteiger partial charge in [-0.15, -0.1) is 0 Å².